The van der Waals surface area contributed by atoms with Gasteiger partial charge in [-0.05, 0) is 29.3 Å². The highest BCUT2D eigenvalue weighted by Crippen LogP contribution is 2.26. The summed E-state index contributed by atoms with van der Waals surface area (Å²) in [5.41, 5.74) is 2.89. The van der Waals surface area contributed by atoms with Crippen molar-refractivity contribution in [1.29, 1.82) is 0 Å². The zero-order valence-electron chi connectivity index (χ0n) is 18.4. The van der Waals surface area contributed by atoms with Crippen LogP contribution >= 0.6 is 0 Å². The maximum absolute atomic E-state index is 12.9. The van der Waals surface area contributed by atoms with Crippen molar-refractivity contribution >= 4 is 22.7 Å². The number of carbonyl (C=O) groups excluding carboxylic acids is 2. The van der Waals surface area contributed by atoms with Crippen molar-refractivity contribution in [3.8, 4) is 0 Å². The van der Waals surface area contributed by atoms with E-state index in [-0.39, 0.29) is 29.8 Å². The van der Waals surface area contributed by atoms with Crippen LogP contribution in [-0.2, 0) is 17.9 Å². The Morgan fingerprint density at radius 2 is 1.68 bits per heavy atom. The maximum Gasteiger partial charge on any atom is 0.278 e. The lowest BCUT2D eigenvalue weighted by atomic mass is 9.98. The fourth-order valence-electron chi connectivity index (χ4n) is 4.30. The van der Waals surface area contributed by atoms with Gasteiger partial charge < -0.3 is 10.2 Å². The molecule has 0 saturated heterocycles. The van der Waals surface area contributed by atoms with Gasteiger partial charge in [0.05, 0.1) is 5.39 Å². The summed E-state index contributed by atoms with van der Waals surface area (Å²) in [6, 6.07) is 24.3. The minimum atomic E-state index is -0.360. The average molecular weight is 454 g/mol. The Bertz CT molecular complexity index is 1420. The number of nitrogens with zero attached hydrogens (tertiary/aromatic N) is 4. The predicted octanol–water partition coefficient (Wildman–Crippen LogP) is 2.35. The molecule has 1 aliphatic heterocycles. The van der Waals surface area contributed by atoms with Crippen LogP contribution in [0.1, 0.15) is 27.4 Å². The normalized spacial score (nSPS) is 13.6. The van der Waals surface area contributed by atoms with Crippen molar-refractivity contribution in [2.45, 2.75) is 19.0 Å². The third-order valence-electron chi connectivity index (χ3n) is 6.08. The molecule has 2 heterocycles. The molecule has 1 atom stereocenters. The van der Waals surface area contributed by atoms with Crippen LogP contribution in [0.4, 0.5) is 0 Å². The van der Waals surface area contributed by atoms with Gasteiger partial charge in [0.25, 0.3) is 11.5 Å². The molecule has 4 aromatic rings. The zero-order valence-corrected chi connectivity index (χ0v) is 18.4. The third kappa shape index (κ3) is 4.30. The lowest BCUT2D eigenvalue weighted by Gasteiger charge is -2.24. The van der Waals surface area contributed by atoms with Crippen molar-refractivity contribution in [2.75, 3.05) is 13.1 Å². The topological polar surface area (TPSA) is 97.2 Å². The Hall–Kier alpha value is -4.33. The van der Waals surface area contributed by atoms with Crippen LogP contribution in [0.5, 0.6) is 0 Å². The Balaban J connectivity index is 1.29. The number of rotatable bonds is 7. The van der Waals surface area contributed by atoms with Crippen molar-refractivity contribution in [3.63, 3.8) is 0 Å². The molecule has 1 aromatic heterocycles. The van der Waals surface area contributed by atoms with E-state index in [4.69, 9.17) is 0 Å². The Labute approximate surface area is 195 Å². The van der Waals surface area contributed by atoms with Gasteiger partial charge in [0.15, 0.2) is 0 Å². The molecule has 0 aliphatic carbocycles. The Morgan fingerprint density at radius 3 is 2.50 bits per heavy atom. The highest BCUT2D eigenvalue weighted by Gasteiger charge is 2.29. The number of nitrogens with one attached hydrogen (secondary N) is 1. The summed E-state index contributed by atoms with van der Waals surface area (Å²) in [6.45, 7) is 1.10. The van der Waals surface area contributed by atoms with E-state index in [9.17, 15) is 14.4 Å². The van der Waals surface area contributed by atoms with E-state index in [0.717, 1.165) is 21.4 Å². The van der Waals surface area contributed by atoms with Gasteiger partial charge in [-0.3, -0.25) is 14.4 Å². The first-order valence-corrected chi connectivity index (χ1v) is 11.1. The smallest absolute Gasteiger partial charge is 0.278 e. The molecule has 1 N–H and O–H groups in total. The number of hydrogen-bond acceptors (Lipinski definition) is 5. The molecule has 0 radical (unpaired) electrons. The number of hydrogen-bond donors (Lipinski definition) is 1. The summed E-state index contributed by atoms with van der Waals surface area (Å²) in [7, 11) is 0. The highest BCUT2D eigenvalue weighted by atomic mass is 16.2. The molecule has 1 aliphatic rings. The van der Waals surface area contributed by atoms with Crippen LogP contribution in [0.3, 0.4) is 0 Å². The second-order valence-electron chi connectivity index (χ2n) is 8.32. The Kier molecular flexibility index (Phi) is 5.86. The van der Waals surface area contributed by atoms with Crippen molar-refractivity contribution in [3.05, 3.63) is 106 Å². The molecule has 8 heteroatoms. The minimum absolute atomic E-state index is 0.000785. The molecule has 0 fully saturated rings. The van der Waals surface area contributed by atoms with E-state index in [1.807, 2.05) is 59.5 Å². The van der Waals surface area contributed by atoms with Crippen LogP contribution < -0.4 is 10.9 Å². The first kappa shape index (κ1) is 21.5. The van der Waals surface area contributed by atoms with E-state index < -0.39 is 0 Å². The molecule has 8 nitrogen and oxygen atoms in total. The summed E-state index contributed by atoms with van der Waals surface area (Å²) in [6.07, 6.45) is 0. The van der Waals surface area contributed by atoms with E-state index in [2.05, 4.69) is 15.6 Å². The van der Waals surface area contributed by atoms with Gasteiger partial charge >= 0.3 is 0 Å². The molecule has 1 unspecified atom stereocenters. The van der Waals surface area contributed by atoms with Crippen molar-refractivity contribution < 1.29 is 9.59 Å². The third-order valence-corrected chi connectivity index (χ3v) is 6.08. The number of carbonyl (C=O) groups is 2. The Morgan fingerprint density at radius 1 is 0.941 bits per heavy atom. The largest absolute Gasteiger partial charge is 0.354 e. The van der Waals surface area contributed by atoms with Gasteiger partial charge in [0.2, 0.25) is 5.91 Å². The average Bonchev–Trinajstić information content (AvgIpc) is 3.19. The quantitative estimate of drug-likeness (QED) is 0.463. The molecule has 34 heavy (non-hydrogen) atoms. The van der Waals surface area contributed by atoms with Gasteiger partial charge in [-0.1, -0.05) is 65.9 Å². The first-order valence-electron chi connectivity index (χ1n) is 11.1. The predicted molar refractivity (Wildman–Crippen MR) is 127 cm³/mol. The van der Waals surface area contributed by atoms with Crippen LogP contribution in [0.25, 0.3) is 10.9 Å². The zero-order chi connectivity index (χ0) is 23.5. The van der Waals surface area contributed by atoms with Gasteiger partial charge in [-0.25, -0.2) is 4.68 Å². The number of aromatic nitrogens is 3. The fraction of sp³-hybridized carbons (Fsp3) is 0.192. The molecule has 0 spiro atoms. The maximum atomic E-state index is 12.9. The van der Waals surface area contributed by atoms with Crippen molar-refractivity contribution in [2.24, 2.45) is 0 Å². The monoisotopic (exact) mass is 453 g/mol. The van der Waals surface area contributed by atoms with Crippen LogP contribution in [0.15, 0.2) is 83.7 Å². The number of benzene rings is 3. The fourth-order valence-corrected chi connectivity index (χ4v) is 4.30. The van der Waals surface area contributed by atoms with E-state index in [1.54, 1.807) is 24.3 Å². The molecule has 3 aromatic carbocycles. The minimum Gasteiger partial charge on any atom is -0.354 e. The van der Waals surface area contributed by atoms with E-state index in [1.165, 1.54) is 0 Å². The summed E-state index contributed by atoms with van der Waals surface area (Å²) >= 11 is 0. The highest BCUT2D eigenvalue weighted by molar-refractivity contribution is 5.98. The van der Waals surface area contributed by atoms with Crippen LogP contribution in [-0.4, -0.2) is 44.8 Å². The van der Waals surface area contributed by atoms with Gasteiger partial charge in [0.1, 0.15) is 12.1 Å². The molecule has 2 amide bonds. The number of amides is 2. The summed E-state index contributed by atoms with van der Waals surface area (Å²) < 4.78 is 1.07. The van der Waals surface area contributed by atoms with Crippen LogP contribution in [0, 0.1) is 0 Å². The van der Waals surface area contributed by atoms with E-state index >= 15 is 0 Å². The molecular weight excluding hydrogens is 430 g/mol. The first-order chi connectivity index (χ1) is 16.6. The molecule has 0 saturated carbocycles. The lowest BCUT2D eigenvalue weighted by molar-refractivity contribution is -0.122. The molecule has 5 rings (SSSR count). The van der Waals surface area contributed by atoms with Gasteiger partial charge in [-0.2, -0.15) is 0 Å². The standard InChI is InChI=1S/C26H23N5O3/c32-24(17-31-26(34)22-12-6-7-13-23(22)28-29-31)27-14-20(18-8-2-1-3-9-18)16-30-15-19-10-4-5-11-21(19)25(30)33/h1-13,20H,14-17H2,(H,27,32). The van der Waals surface area contributed by atoms with Crippen molar-refractivity contribution in [1.82, 2.24) is 25.2 Å². The summed E-state index contributed by atoms with van der Waals surface area (Å²) in [4.78, 5) is 40.0. The second-order valence-corrected chi connectivity index (χ2v) is 8.32. The van der Waals surface area contributed by atoms with Gasteiger partial charge in [0, 0.05) is 31.1 Å². The molecule has 170 valence electrons. The SMILES string of the molecule is O=C(Cn1nnc2ccccc2c1=O)NCC(CN1Cc2ccccc2C1=O)c1ccccc1. The lowest BCUT2D eigenvalue weighted by Crippen LogP contribution is -2.39. The number of fused-ring (bicyclic) bond motifs is 2. The van der Waals surface area contributed by atoms with Gasteiger partial charge in [-0.15, -0.1) is 5.10 Å². The molecular formula is C26H23N5O3. The van der Waals surface area contributed by atoms with E-state index in [0.29, 0.717) is 30.5 Å². The second kappa shape index (κ2) is 9.27. The summed E-state index contributed by atoms with van der Waals surface area (Å²) in [5.74, 6) is -0.452. The van der Waals surface area contributed by atoms with Crippen LogP contribution in [0.2, 0.25) is 0 Å². The summed E-state index contributed by atoms with van der Waals surface area (Å²) in [5, 5.41) is 11.2. The molecule has 0 bridgehead atoms.